The third-order valence-electron chi connectivity index (χ3n) is 3.29. The van der Waals surface area contributed by atoms with Crippen LogP contribution in [0.25, 0.3) is 0 Å². The first kappa shape index (κ1) is 15.3. The summed E-state index contributed by atoms with van der Waals surface area (Å²) in [5.74, 6) is -0.197. The maximum absolute atomic E-state index is 12.2. The van der Waals surface area contributed by atoms with E-state index in [1.54, 1.807) is 23.7 Å². The molecule has 0 aromatic carbocycles. The summed E-state index contributed by atoms with van der Waals surface area (Å²) in [6, 6.07) is 0. The van der Waals surface area contributed by atoms with Gasteiger partial charge in [-0.1, -0.05) is 0 Å². The molecule has 1 aromatic heterocycles. The van der Waals surface area contributed by atoms with E-state index in [-0.39, 0.29) is 12.0 Å². The van der Waals surface area contributed by atoms with Crippen molar-refractivity contribution in [1.82, 2.24) is 20.0 Å². The molecule has 0 spiro atoms. The van der Waals surface area contributed by atoms with Crippen molar-refractivity contribution in [2.24, 2.45) is 7.05 Å². The van der Waals surface area contributed by atoms with E-state index < -0.39 is 5.60 Å². The predicted octanol–water partition coefficient (Wildman–Crippen LogP) is 1.07. The number of hydrogen-bond donors (Lipinski definition) is 1. The standard InChI is InChI=1S/C14H22N4O3/c1-14(2,3)21-13(20)18-7-6-10-9(8-18)11(12(19)15-4)17(5)16-10/h6-8H2,1-5H3,(H,15,19). The molecule has 0 atom stereocenters. The lowest BCUT2D eigenvalue weighted by atomic mass is 10.1. The Kier molecular flexibility index (Phi) is 3.93. The predicted molar refractivity (Wildman–Crippen MR) is 76.9 cm³/mol. The molecule has 7 nitrogen and oxygen atoms in total. The molecule has 0 fully saturated rings. The number of ether oxygens (including phenoxy) is 1. The zero-order chi connectivity index (χ0) is 15.8. The summed E-state index contributed by atoms with van der Waals surface area (Å²) >= 11 is 0. The summed E-state index contributed by atoms with van der Waals surface area (Å²) in [5.41, 5.74) is 1.64. The van der Waals surface area contributed by atoms with Gasteiger partial charge in [0, 0.05) is 32.6 Å². The van der Waals surface area contributed by atoms with Gasteiger partial charge in [0.1, 0.15) is 11.3 Å². The average molecular weight is 294 g/mol. The lowest BCUT2D eigenvalue weighted by Gasteiger charge is -2.29. The highest BCUT2D eigenvalue weighted by Crippen LogP contribution is 2.23. The van der Waals surface area contributed by atoms with E-state index in [0.717, 1.165) is 11.3 Å². The molecular weight excluding hydrogens is 272 g/mol. The molecule has 2 rings (SSSR count). The number of hydrogen-bond acceptors (Lipinski definition) is 4. The second-order valence-corrected chi connectivity index (χ2v) is 6.13. The first-order valence-corrected chi connectivity index (χ1v) is 6.97. The highest BCUT2D eigenvalue weighted by Gasteiger charge is 2.31. The minimum absolute atomic E-state index is 0.197. The number of nitrogens with zero attached hydrogens (tertiary/aromatic N) is 3. The fraction of sp³-hybridized carbons (Fsp3) is 0.643. The van der Waals surface area contributed by atoms with Gasteiger partial charge in [-0.05, 0) is 20.8 Å². The number of carbonyl (C=O) groups excluding carboxylic acids is 2. The molecule has 7 heteroatoms. The second-order valence-electron chi connectivity index (χ2n) is 6.13. The normalized spacial score (nSPS) is 14.6. The largest absolute Gasteiger partial charge is 0.444 e. The van der Waals surface area contributed by atoms with E-state index in [9.17, 15) is 9.59 Å². The maximum Gasteiger partial charge on any atom is 0.410 e. The van der Waals surface area contributed by atoms with Crippen LogP contribution in [-0.4, -0.2) is 45.9 Å². The van der Waals surface area contributed by atoms with Gasteiger partial charge in [-0.25, -0.2) is 4.79 Å². The van der Waals surface area contributed by atoms with E-state index in [4.69, 9.17) is 4.74 Å². The van der Waals surface area contributed by atoms with Crippen molar-refractivity contribution >= 4 is 12.0 Å². The Balaban J connectivity index is 2.23. The van der Waals surface area contributed by atoms with Crippen LogP contribution in [0.3, 0.4) is 0 Å². The van der Waals surface area contributed by atoms with Gasteiger partial charge < -0.3 is 15.0 Å². The molecule has 0 radical (unpaired) electrons. The fourth-order valence-corrected chi connectivity index (χ4v) is 2.39. The minimum atomic E-state index is -0.532. The van der Waals surface area contributed by atoms with E-state index in [1.165, 1.54) is 0 Å². The fourth-order valence-electron chi connectivity index (χ4n) is 2.39. The third kappa shape index (κ3) is 3.17. The number of rotatable bonds is 1. The van der Waals surface area contributed by atoms with Crippen molar-refractivity contribution in [3.05, 3.63) is 17.0 Å². The molecule has 0 saturated heterocycles. The van der Waals surface area contributed by atoms with Crippen molar-refractivity contribution in [1.29, 1.82) is 0 Å². The Morgan fingerprint density at radius 1 is 1.33 bits per heavy atom. The molecular formula is C14H22N4O3. The maximum atomic E-state index is 12.2. The Bertz CT molecular complexity index is 572. The summed E-state index contributed by atoms with van der Waals surface area (Å²) in [6.07, 6.45) is 0.263. The Hall–Kier alpha value is -2.05. The van der Waals surface area contributed by atoms with Gasteiger partial charge in [0.25, 0.3) is 5.91 Å². The van der Waals surface area contributed by atoms with E-state index >= 15 is 0 Å². The Labute approximate surface area is 124 Å². The highest BCUT2D eigenvalue weighted by molar-refractivity contribution is 5.94. The number of fused-ring (bicyclic) bond motifs is 1. The number of aromatic nitrogens is 2. The average Bonchev–Trinajstić information content (AvgIpc) is 2.70. The quantitative estimate of drug-likeness (QED) is 0.840. The summed E-state index contributed by atoms with van der Waals surface area (Å²) in [5, 5.41) is 6.97. The zero-order valence-electron chi connectivity index (χ0n) is 13.2. The molecule has 1 aliphatic heterocycles. The summed E-state index contributed by atoms with van der Waals surface area (Å²) in [6.45, 7) is 6.40. The van der Waals surface area contributed by atoms with Crippen LogP contribution in [0.2, 0.25) is 0 Å². The van der Waals surface area contributed by atoms with Gasteiger partial charge in [0.05, 0.1) is 12.2 Å². The van der Waals surface area contributed by atoms with Crippen molar-refractivity contribution in [2.45, 2.75) is 39.3 Å². The zero-order valence-corrected chi connectivity index (χ0v) is 13.2. The van der Waals surface area contributed by atoms with E-state index in [2.05, 4.69) is 10.4 Å². The molecule has 0 unspecified atom stereocenters. The monoisotopic (exact) mass is 294 g/mol. The van der Waals surface area contributed by atoms with Crippen LogP contribution in [0, 0.1) is 0 Å². The molecule has 0 bridgehead atoms. The molecule has 0 saturated carbocycles. The Morgan fingerprint density at radius 3 is 2.57 bits per heavy atom. The molecule has 116 valence electrons. The molecule has 2 amide bonds. The van der Waals surface area contributed by atoms with Crippen LogP contribution >= 0.6 is 0 Å². The summed E-state index contributed by atoms with van der Waals surface area (Å²) < 4.78 is 6.96. The SMILES string of the molecule is CNC(=O)c1c2c(nn1C)CCN(C(=O)OC(C)(C)C)C2. The van der Waals surface area contributed by atoms with Crippen molar-refractivity contribution in [2.75, 3.05) is 13.6 Å². The molecule has 1 aromatic rings. The molecule has 2 heterocycles. The first-order chi connectivity index (χ1) is 9.73. The van der Waals surface area contributed by atoms with Crippen LogP contribution in [0.15, 0.2) is 0 Å². The molecule has 21 heavy (non-hydrogen) atoms. The van der Waals surface area contributed by atoms with E-state index in [1.807, 2.05) is 20.8 Å². The number of carbonyl (C=O) groups is 2. The van der Waals surface area contributed by atoms with Crippen molar-refractivity contribution in [3.8, 4) is 0 Å². The van der Waals surface area contributed by atoms with Crippen LogP contribution in [0.1, 0.15) is 42.5 Å². The van der Waals surface area contributed by atoms with Crippen LogP contribution in [0.5, 0.6) is 0 Å². The highest BCUT2D eigenvalue weighted by atomic mass is 16.6. The Morgan fingerprint density at radius 2 is 2.00 bits per heavy atom. The van der Waals surface area contributed by atoms with E-state index in [0.29, 0.717) is 25.2 Å². The van der Waals surface area contributed by atoms with Crippen LogP contribution in [0.4, 0.5) is 4.79 Å². The van der Waals surface area contributed by atoms with Gasteiger partial charge in [-0.3, -0.25) is 9.48 Å². The van der Waals surface area contributed by atoms with Crippen molar-refractivity contribution in [3.63, 3.8) is 0 Å². The van der Waals surface area contributed by atoms with Gasteiger partial charge in [-0.2, -0.15) is 5.10 Å². The first-order valence-electron chi connectivity index (χ1n) is 6.97. The minimum Gasteiger partial charge on any atom is -0.444 e. The molecule has 0 aliphatic carbocycles. The smallest absolute Gasteiger partial charge is 0.410 e. The topological polar surface area (TPSA) is 76.5 Å². The van der Waals surface area contributed by atoms with Gasteiger partial charge in [-0.15, -0.1) is 0 Å². The number of nitrogens with one attached hydrogen (secondary N) is 1. The summed E-state index contributed by atoms with van der Waals surface area (Å²) in [7, 11) is 3.32. The lowest BCUT2D eigenvalue weighted by Crippen LogP contribution is -2.40. The molecule has 1 N–H and O–H groups in total. The van der Waals surface area contributed by atoms with Crippen LogP contribution < -0.4 is 5.32 Å². The molecule has 1 aliphatic rings. The second kappa shape index (κ2) is 5.38. The van der Waals surface area contributed by atoms with Crippen LogP contribution in [-0.2, 0) is 24.8 Å². The van der Waals surface area contributed by atoms with Gasteiger partial charge >= 0.3 is 6.09 Å². The van der Waals surface area contributed by atoms with Gasteiger partial charge in [0.2, 0.25) is 0 Å². The lowest BCUT2D eigenvalue weighted by molar-refractivity contribution is 0.0222. The van der Waals surface area contributed by atoms with Gasteiger partial charge in [0.15, 0.2) is 0 Å². The summed E-state index contributed by atoms with van der Waals surface area (Å²) in [4.78, 5) is 25.7. The number of amides is 2. The number of aryl methyl sites for hydroxylation is 1. The third-order valence-corrected chi connectivity index (χ3v) is 3.29. The van der Waals surface area contributed by atoms with Crippen molar-refractivity contribution < 1.29 is 14.3 Å².